The lowest BCUT2D eigenvalue weighted by Gasteiger charge is -2.15. The Kier molecular flexibility index (Phi) is 2.64. The fraction of sp³-hybridized carbons (Fsp3) is 0.0833. The molecule has 0 spiro atoms. The second-order valence-electron chi connectivity index (χ2n) is 3.82. The van der Waals surface area contributed by atoms with E-state index < -0.39 is 17.6 Å². The zero-order valence-electron chi connectivity index (χ0n) is 8.87. The third-order valence-corrected chi connectivity index (χ3v) is 4.97. The minimum atomic E-state index is -0.997. The van der Waals surface area contributed by atoms with Crippen molar-refractivity contribution in [3.8, 4) is 10.4 Å². The van der Waals surface area contributed by atoms with E-state index in [1.54, 1.807) is 6.07 Å². The lowest BCUT2D eigenvalue weighted by Crippen LogP contribution is -1.95. The predicted octanol–water partition coefficient (Wildman–Crippen LogP) is 4.00. The maximum absolute atomic E-state index is 13.3. The molecule has 0 radical (unpaired) electrons. The van der Waals surface area contributed by atoms with Crippen LogP contribution in [0.15, 0.2) is 23.1 Å². The fourth-order valence-electron chi connectivity index (χ4n) is 1.85. The minimum absolute atomic E-state index is 0.221. The van der Waals surface area contributed by atoms with Crippen molar-refractivity contribution in [1.82, 2.24) is 0 Å². The highest BCUT2D eigenvalue weighted by atomic mass is 32.2. The van der Waals surface area contributed by atoms with Gasteiger partial charge in [-0.05, 0) is 23.8 Å². The summed E-state index contributed by atoms with van der Waals surface area (Å²) < 4.78 is 26.4. The van der Waals surface area contributed by atoms with E-state index in [4.69, 9.17) is 5.11 Å². The van der Waals surface area contributed by atoms with Crippen molar-refractivity contribution in [2.75, 3.05) is 0 Å². The Labute approximate surface area is 109 Å². The van der Waals surface area contributed by atoms with Crippen LogP contribution >= 0.6 is 23.1 Å². The second-order valence-corrected chi connectivity index (χ2v) is 5.89. The molecule has 2 aromatic rings. The monoisotopic (exact) mass is 284 g/mol. The van der Waals surface area contributed by atoms with E-state index in [0.29, 0.717) is 16.2 Å². The van der Waals surface area contributed by atoms with Gasteiger partial charge < -0.3 is 5.11 Å². The molecule has 0 atom stereocenters. The van der Waals surface area contributed by atoms with Crippen LogP contribution in [0.2, 0.25) is 0 Å². The molecule has 2 nitrogen and oxygen atoms in total. The van der Waals surface area contributed by atoms with Crippen LogP contribution in [0.3, 0.4) is 0 Å². The van der Waals surface area contributed by atoms with E-state index in [2.05, 4.69) is 0 Å². The highest BCUT2D eigenvalue weighted by Gasteiger charge is 2.23. The topological polar surface area (TPSA) is 37.3 Å². The number of carbonyl (C=O) groups is 1. The Bertz CT molecular complexity index is 664. The number of benzene rings is 1. The first kappa shape index (κ1) is 11.7. The smallest absolute Gasteiger partial charge is 0.345 e. The fourth-order valence-corrected chi connectivity index (χ4v) is 4.10. The molecule has 0 aliphatic carbocycles. The number of fused-ring (bicyclic) bond motifs is 3. The molecule has 0 amide bonds. The van der Waals surface area contributed by atoms with E-state index in [-0.39, 0.29) is 4.88 Å². The van der Waals surface area contributed by atoms with E-state index in [1.807, 2.05) is 0 Å². The summed E-state index contributed by atoms with van der Waals surface area (Å²) in [6, 6.07) is 3.90. The van der Waals surface area contributed by atoms with Crippen LogP contribution in [0.1, 0.15) is 15.2 Å². The third kappa shape index (κ3) is 1.72. The Morgan fingerprint density at radius 3 is 2.67 bits per heavy atom. The molecule has 0 bridgehead atoms. The maximum atomic E-state index is 13.3. The average molecular weight is 284 g/mol. The molecule has 0 saturated heterocycles. The first-order chi connectivity index (χ1) is 8.56. The van der Waals surface area contributed by atoms with Crippen molar-refractivity contribution in [2.24, 2.45) is 0 Å². The van der Waals surface area contributed by atoms with Crippen molar-refractivity contribution in [2.45, 2.75) is 10.6 Å². The molecule has 0 saturated carbocycles. The number of hydrogen-bond acceptors (Lipinski definition) is 3. The molecular weight excluding hydrogens is 278 g/mol. The zero-order chi connectivity index (χ0) is 12.9. The molecule has 2 heterocycles. The van der Waals surface area contributed by atoms with E-state index in [9.17, 15) is 13.6 Å². The van der Waals surface area contributed by atoms with Gasteiger partial charge in [-0.25, -0.2) is 13.6 Å². The van der Waals surface area contributed by atoms with Gasteiger partial charge in [0.1, 0.15) is 4.88 Å². The summed E-state index contributed by atoms with van der Waals surface area (Å²) in [5, 5.41) is 8.95. The Hall–Kier alpha value is -1.40. The summed E-state index contributed by atoms with van der Waals surface area (Å²) in [6.07, 6.45) is 0. The third-order valence-electron chi connectivity index (χ3n) is 2.67. The van der Waals surface area contributed by atoms with Crippen molar-refractivity contribution < 1.29 is 18.7 Å². The number of carboxylic acids is 1. The predicted molar refractivity (Wildman–Crippen MR) is 66.2 cm³/mol. The van der Waals surface area contributed by atoms with Gasteiger partial charge in [-0.3, -0.25) is 0 Å². The van der Waals surface area contributed by atoms with Crippen LogP contribution in [-0.4, -0.2) is 11.1 Å². The van der Waals surface area contributed by atoms with Crippen molar-refractivity contribution in [1.29, 1.82) is 0 Å². The number of halogens is 2. The normalized spacial score (nSPS) is 13.0. The average Bonchev–Trinajstić information content (AvgIpc) is 2.75. The minimum Gasteiger partial charge on any atom is -0.477 e. The van der Waals surface area contributed by atoms with Gasteiger partial charge in [0, 0.05) is 21.1 Å². The molecule has 1 aliphatic rings. The molecule has 1 N–H and O–H groups in total. The summed E-state index contributed by atoms with van der Waals surface area (Å²) in [5.74, 6) is -2.20. The number of hydrogen-bond donors (Lipinski definition) is 1. The van der Waals surface area contributed by atoms with Crippen LogP contribution in [0.4, 0.5) is 8.78 Å². The molecular formula is C12H6F2O2S2. The number of carboxylic acid groups (broad SMARTS) is 1. The summed E-state index contributed by atoms with van der Waals surface area (Å²) in [6.45, 7) is 0. The quantitative estimate of drug-likeness (QED) is 0.860. The largest absolute Gasteiger partial charge is 0.477 e. The van der Waals surface area contributed by atoms with Crippen LogP contribution in [0.25, 0.3) is 10.4 Å². The van der Waals surface area contributed by atoms with Gasteiger partial charge in [-0.2, -0.15) is 0 Å². The van der Waals surface area contributed by atoms with Gasteiger partial charge in [-0.1, -0.05) is 0 Å². The van der Waals surface area contributed by atoms with Crippen LogP contribution in [0.5, 0.6) is 0 Å². The van der Waals surface area contributed by atoms with E-state index in [1.165, 1.54) is 17.8 Å². The summed E-state index contributed by atoms with van der Waals surface area (Å²) in [7, 11) is 0. The first-order valence-corrected chi connectivity index (χ1v) is 6.84. The van der Waals surface area contributed by atoms with Crippen molar-refractivity contribution in [3.63, 3.8) is 0 Å². The molecule has 0 fully saturated rings. The standard InChI is InChI=1S/C12H6F2O2S2/c13-7-2-6-9(3-8(7)14)17-4-5-1-10(12(15)16)18-11(5)6/h1-3H,4H2,(H,15,16). The van der Waals surface area contributed by atoms with Gasteiger partial charge in [0.05, 0.1) is 0 Å². The van der Waals surface area contributed by atoms with Gasteiger partial charge >= 0.3 is 5.97 Å². The lowest BCUT2D eigenvalue weighted by molar-refractivity contribution is 0.0702. The summed E-state index contributed by atoms with van der Waals surface area (Å²) in [4.78, 5) is 12.5. The molecule has 1 aliphatic heterocycles. The van der Waals surface area contributed by atoms with Crippen LogP contribution < -0.4 is 0 Å². The second kappa shape index (κ2) is 4.07. The van der Waals surface area contributed by atoms with Crippen molar-refractivity contribution in [3.05, 3.63) is 40.3 Å². The Balaban J connectivity index is 2.21. The first-order valence-electron chi connectivity index (χ1n) is 5.04. The van der Waals surface area contributed by atoms with Gasteiger partial charge in [-0.15, -0.1) is 23.1 Å². The number of aromatic carboxylic acids is 1. The van der Waals surface area contributed by atoms with Gasteiger partial charge in [0.15, 0.2) is 11.6 Å². The van der Waals surface area contributed by atoms with Crippen LogP contribution in [0, 0.1) is 11.6 Å². The maximum Gasteiger partial charge on any atom is 0.345 e. The lowest BCUT2D eigenvalue weighted by atomic mass is 10.1. The number of thiophene rings is 1. The summed E-state index contributed by atoms with van der Waals surface area (Å²) in [5.41, 5.74) is 1.44. The molecule has 0 unspecified atom stereocenters. The van der Waals surface area contributed by atoms with E-state index in [0.717, 1.165) is 27.8 Å². The molecule has 6 heteroatoms. The SMILES string of the molecule is O=C(O)c1cc2c(s1)-c1cc(F)c(F)cc1SC2. The van der Waals surface area contributed by atoms with Crippen molar-refractivity contribution >= 4 is 29.1 Å². The van der Waals surface area contributed by atoms with Gasteiger partial charge in [0.2, 0.25) is 0 Å². The summed E-state index contributed by atoms with van der Waals surface area (Å²) >= 11 is 2.49. The molecule has 18 heavy (non-hydrogen) atoms. The number of rotatable bonds is 1. The van der Waals surface area contributed by atoms with Crippen LogP contribution in [-0.2, 0) is 5.75 Å². The Morgan fingerprint density at radius 1 is 1.22 bits per heavy atom. The molecule has 92 valence electrons. The zero-order valence-corrected chi connectivity index (χ0v) is 10.5. The van der Waals surface area contributed by atoms with E-state index >= 15 is 0 Å². The molecule has 3 rings (SSSR count). The number of thioether (sulfide) groups is 1. The Morgan fingerprint density at radius 2 is 1.94 bits per heavy atom. The van der Waals surface area contributed by atoms with Gasteiger partial charge in [0.25, 0.3) is 0 Å². The molecule has 1 aromatic carbocycles. The molecule has 1 aromatic heterocycles. The highest BCUT2D eigenvalue weighted by molar-refractivity contribution is 7.98. The highest BCUT2D eigenvalue weighted by Crippen LogP contribution is 2.46.